The first-order valence-electron chi connectivity index (χ1n) is 6.63. The number of benzene rings is 1. The summed E-state index contributed by atoms with van der Waals surface area (Å²) in [6.07, 6.45) is -2.25. The fourth-order valence-corrected chi connectivity index (χ4v) is 2.52. The zero-order chi connectivity index (χ0) is 17.3. The number of halogens is 4. The normalized spacial score (nSPS) is 13.7. The second-order valence-corrected chi connectivity index (χ2v) is 5.68. The molecule has 1 aromatic carbocycles. The largest absolute Gasteiger partial charge is 0.454 e. The maximum atomic E-state index is 12.6. The fourth-order valence-electron chi connectivity index (χ4n) is 2.08. The smallest absolute Gasteiger partial charge is 0.417 e. The first-order chi connectivity index (χ1) is 11.4. The van der Waals surface area contributed by atoms with Crippen molar-refractivity contribution in [2.45, 2.75) is 6.18 Å². The summed E-state index contributed by atoms with van der Waals surface area (Å²) in [7, 11) is 0. The van der Waals surface area contributed by atoms with Gasteiger partial charge in [0.1, 0.15) is 6.07 Å². The highest BCUT2D eigenvalue weighted by Crippen LogP contribution is 2.38. The van der Waals surface area contributed by atoms with E-state index in [-0.39, 0.29) is 18.1 Å². The Morgan fingerprint density at radius 3 is 2.54 bits per heavy atom. The van der Waals surface area contributed by atoms with Gasteiger partial charge >= 0.3 is 6.18 Å². The summed E-state index contributed by atoms with van der Waals surface area (Å²) in [6.45, 7) is 0.112. The summed E-state index contributed by atoms with van der Waals surface area (Å²) < 4.78 is 48.9. The molecular formula is C16H8BrF3N2O2. The van der Waals surface area contributed by atoms with E-state index < -0.39 is 11.7 Å². The second-order valence-electron chi connectivity index (χ2n) is 4.83. The predicted molar refractivity (Wildman–Crippen MR) is 83.0 cm³/mol. The number of rotatable bonds is 2. The quantitative estimate of drug-likeness (QED) is 0.692. The summed E-state index contributed by atoms with van der Waals surface area (Å²) in [6, 6.07) is 7.37. The van der Waals surface area contributed by atoms with Crippen molar-refractivity contribution in [1.29, 1.82) is 5.26 Å². The van der Waals surface area contributed by atoms with Crippen LogP contribution in [0.1, 0.15) is 16.8 Å². The van der Waals surface area contributed by atoms with Crippen LogP contribution in [0.5, 0.6) is 11.5 Å². The predicted octanol–water partition coefficient (Wildman–Crippen LogP) is 4.66. The molecule has 0 unspecified atom stereocenters. The van der Waals surface area contributed by atoms with Gasteiger partial charge in [0.25, 0.3) is 0 Å². The maximum absolute atomic E-state index is 12.6. The third kappa shape index (κ3) is 3.21. The topological polar surface area (TPSA) is 55.1 Å². The lowest BCUT2D eigenvalue weighted by Gasteiger charge is -2.07. The molecule has 3 rings (SSSR count). The molecule has 0 saturated carbocycles. The van der Waals surface area contributed by atoms with Crippen molar-refractivity contribution in [1.82, 2.24) is 4.98 Å². The number of ether oxygens (including phenoxy) is 2. The van der Waals surface area contributed by atoms with Crippen LogP contribution in [0.25, 0.3) is 11.6 Å². The van der Waals surface area contributed by atoms with Crippen LogP contribution in [0.2, 0.25) is 0 Å². The van der Waals surface area contributed by atoms with Crippen molar-refractivity contribution in [2.75, 3.05) is 6.79 Å². The molecule has 0 spiro atoms. The Morgan fingerprint density at radius 1 is 1.25 bits per heavy atom. The summed E-state index contributed by atoms with van der Waals surface area (Å²) >= 11 is 3.36. The number of nitriles is 1. The van der Waals surface area contributed by atoms with Crippen LogP contribution < -0.4 is 9.47 Å². The number of nitrogens with zero attached hydrogens (tertiary/aromatic N) is 2. The van der Waals surface area contributed by atoms with E-state index in [4.69, 9.17) is 9.47 Å². The van der Waals surface area contributed by atoms with Crippen molar-refractivity contribution in [3.8, 4) is 17.6 Å². The van der Waals surface area contributed by atoms with E-state index in [0.717, 1.165) is 6.07 Å². The minimum atomic E-state index is -4.47. The molecule has 1 aliphatic heterocycles. The van der Waals surface area contributed by atoms with E-state index in [1.54, 1.807) is 12.1 Å². The molecule has 2 heterocycles. The average molecular weight is 397 g/mol. The van der Waals surface area contributed by atoms with Crippen molar-refractivity contribution in [3.63, 3.8) is 0 Å². The van der Waals surface area contributed by atoms with Crippen LogP contribution in [-0.2, 0) is 6.18 Å². The molecule has 0 atom stereocenters. The summed E-state index contributed by atoms with van der Waals surface area (Å²) in [4.78, 5) is 3.73. The highest BCUT2D eigenvalue weighted by atomic mass is 79.9. The van der Waals surface area contributed by atoms with Gasteiger partial charge in [0.2, 0.25) is 6.79 Å². The van der Waals surface area contributed by atoms with Gasteiger partial charge in [0.15, 0.2) is 11.5 Å². The Kier molecular flexibility index (Phi) is 4.20. The van der Waals surface area contributed by atoms with Gasteiger partial charge in [0, 0.05) is 10.7 Å². The van der Waals surface area contributed by atoms with E-state index in [1.165, 1.54) is 12.1 Å². The van der Waals surface area contributed by atoms with E-state index >= 15 is 0 Å². The number of fused-ring (bicyclic) bond motifs is 1. The lowest BCUT2D eigenvalue weighted by molar-refractivity contribution is -0.137. The molecular weight excluding hydrogens is 389 g/mol. The number of aromatic nitrogens is 1. The molecule has 0 radical (unpaired) electrons. The minimum Gasteiger partial charge on any atom is -0.454 e. The van der Waals surface area contributed by atoms with Crippen LogP contribution in [-0.4, -0.2) is 11.8 Å². The zero-order valence-electron chi connectivity index (χ0n) is 11.9. The van der Waals surface area contributed by atoms with E-state index in [1.807, 2.05) is 6.07 Å². The molecule has 2 aromatic rings. The summed E-state index contributed by atoms with van der Waals surface area (Å²) in [5, 5.41) is 9.30. The molecule has 0 bridgehead atoms. The Bertz CT molecular complexity index is 855. The molecule has 4 nitrogen and oxygen atoms in total. The van der Waals surface area contributed by atoms with E-state index in [0.29, 0.717) is 27.7 Å². The average Bonchev–Trinajstić information content (AvgIpc) is 2.99. The highest BCUT2D eigenvalue weighted by Gasteiger charge is 2.30. The lowest BCUT2D eigenvalue weighted by atomic mass is 10.1. The molecule has 0 N–H and O–H groups in total. The van der Waals surface area contributed by atoms with Crippen LogP contribution in [0.3, 0.4) is 0 Å². The van der Waals surface area contributed by atoms with Crippen molar-refractivity contribution >= 4 is 27.6 Å². The zero-order valence-corrected chi connectivity index (χ0v) is 13.5. The monoisotopic (exact) mass is 396 g/mol. The van der Waals surface area contributed by atoms with E-state index in [2.05, 4.69) is 20.9 Å². The van der Waals surface area contributed by atoms with Crippen LogP contribution in [0.4, 0.5) is 13.2 Å². The molecule has 1 aromatic heterocycles. The third-order valence-electron chi connectivity index (χ3n) is 3.28. The van der Waals surface area contributed by atoms with Crippen molar-refractivity contribution in [2.24, 2.45) is 0 Å². The number of hydrogen-bond acceptors (Lipinski definition) is 4. The minimum absolute atomic E-state index is 0.112. The van der Waals surface area contributed by atoms with Gasteiger partial charge in [-0.1, -0.05) is 15.9 Å². The van der Waals surface area contributed by atoms with Gasteiger partial charge < -0.3 is 9.47 Å². The Balaban J connectivity index is 1.97. The summed E-state index contributed by atoms with van der Waals surface area (Å²) in [5.74, 6) is 1.10. The second kappa shape index (κ2) is 6.17. The highest BCUT2D eigenvalue weighted by molar-refractivity contribution is 9.10. The first-order valence-corrected chi connectivity index (χ1v) is 7.42. The lowest BCUT2D eigenvalue weighted by Crippen LogP contribution is -2.05. The standard InChI is InChI=1S/C16H8BrF3N2O2/c17-12-5-15-14(23-8-24-15)4-9(12)3-10(6-21)13-2-1-11(7-22-13)16(18,19)20/h1-5,7H,8H2/b10-3+. The Hall–Kier alpha value is -2.53. The summed E-state index contributed by atoms with van der Waals surface area (Å²) in [5.41, 5.74) is 0.0312. The molecule has 0 saturated heterocycles. The van der Waals surface area contributed by atoms with Crippen LogP contribution >= 0.6 is 15.9 Å². The van der Waals surface area contributed by atoms with Gasteiger partial charge in [0.05, 0.1) is 16.8 Å². The van der Waals surface area contributed by atoms with Crippen LogP contribution in [0, 0.1) is 11.3 Å². The fraction of sp³-hybridized carbons (Fsp3) is 0.125. The van der Waals surface area contributed by atoms with Gasteiger partial charge in [-0.25, -0.2) is 0 Å². The number of hydrogen-bond donors (Lipinski definition) is 0. The number of allylic oxidation sites excluding steroid dienone is 1. The maximum Gasteiger partial charge on any atom is 0.417 e. The number of pyridine rings is 1. The molecule has 0 aliphatic carbocycles. The molecule has 8 heteroatoms. The SMILES string of the molecule is N#C/C(=C\c1cc2c(cc1Br)OCO2)c1ccc(C(F)(F)F)cn1. The first kappa shape index (κ1) is 16.3. The molecule has 0 fully saturated rings. The van der Waals surface area contributed by atoms with Gasteiger partial charge in [-0.05, 0) is 35.9 Å². The third-order valence-corrected chi connectivity index (χ3v) is 3.97. The van der Waals surface area contributed by atoms with Gasteiger partial charge in [-0.15, -0.1) is 0 Å². The number of alkyl halides is 3. The molecule has 122 valence electrons. The van der Waals surface area contributed by atoms with Gasteiger partial charge in [-0.2, -0.15) is 18.4 Å². The van der Waals surface area contributed by atoms with Crippen LogP contribution in [0.15, 0.2) is 34.9 Å². The Labute approximate surface area is 143 Å². The molecule has 1 aliphatic rings. The Morgan fingerprint density at radius 2 is 1.96 bits per heavy atom. The van der Waals surface area contributed by atoms with Crippen molar-refractivity contribution < 1.29 is 22.6 Å². The molecule has 0 amide bonds. The van der Waals surface area contributed by atoms with E-state index in [9.17, 15) is 18.4 Å². The molecule has 24 heavy (non-hydrogen) atoms. The van der Waals surface area contributed by atoms with Gasteiger partial charge in [-0.3, -0.25) is 4.98 Å². The van der Waals surface area contributed by atoms with Crippen molar-refractivity contribution in [3.05, 3.63) is 51.8 Å².